The molecule has 0 bridgehead atoms. The van der Waals surface area contributed by atoms with Gasteiger partial charge in [-0.15, -0.1) is 0 Å². The molecule has 0 heterocycles. The van der Waals surface area contributed by atoms with E-state index in [0.29, 0.717) is 0 Å². The third-order valence-electron chi connectivity index (χ3n) is 0. The van der Waals surface area contributed by atoms with Crippen molar-refractivity contribution in [1.82, 2.24) is 0 Å². The van der Waals surface area contributed by atoms with Crippen molar-refractivity contribution in [3.05, 3.63) is 0 Å². The molecule has 0 atom stereocenters. The van der Waals surface area contributed by atoms with E-state index in [1.807, 2.05) is 0 Å². The summed E-state index contributed by atoms with van der Waals surface area (Å²) in [5, 5.41) is 0. The van der Waals surface area contributed by atoms with Crippen LogP contribution in [-0.4, -0.2) is 24.9 Å². The van der Waals surface area contributed by atoms with Gasteiger partial charge in [-0.2, -0.15) is 0 Å². The molecule has 0 unspecified atom stereocenters. The standard InChI is InChI=1S/BF4.GeH4/c2-1(3,4)5;/h;1H4/q-1;. The van der Waals surface area contributed by atoms with Gasteiger partial charge in [-0.1, -0.05) is 0 Å². The number of hydrogen-bond acceptors (Lipinski definition) is 0. The molecule has 0 amide bonds. The van der Waals surface area contributed by atoms with Crippen LogP contribution in [0.2, 0.25) is 0 Å². The molecule has 0 fully saturated rings. The SMILES string of the molecule is F[B-](F)(F)F.[GeH4]. The minimum atomic E-state index is -6.00. The molecule has 0 rings (SSSR count). The molecule has 0 saturated heterocycles. The van der Waals surface area contributed by atoms with Crippen molar-refractivity contribution in [2.24, 2.45) is 0 Å². The van der Waals surface area contributed by atoms with Gasteiger partial charge in [0.05, 0.1) is 0 Å². The normalized spacial score (nSPS) is 10.0. The van der Waals surface area contributed by atoms with Gasteiger partial charge in [0.25, 0.3) is 0 Å². The Hall–Kier alpha value is 0.328. The van der Waals surface area contributed by atoms with Crippen LogP contribution >= 0.6 is 0 Å². The van der Waals surface area contributed by atoms with Crippen molar-refractivity contribution < 1.29 is 17.3 Å². The van der Waals surface area contributed by atoms with Gasteiger partial charge in [0, 0.05) is 0 Å². The van der Waals surface area contributed by atoms with E-state index < -0.39 is 7.25 Å². The fourth-order valence-corrected chi connectivity index (χ4v) is 0. The summed E-state index contributed by atoms with van der Waals surface area (Å²) >= 11 is 0. The molecule has 0 aliphatic heterocycles. The van der Waals surface area contributed by atoms with Crippen LogP contribution < -0.4 is 0 Å². The first kappa shape index (κ1) is 9.59. The van der Waals surface area contributed by atoms with Gasteiger partial charge < -0.3 is 17.3 Å². The first-order valence-electron chi connectivity index (χ1n) is 0.873. The fraction of sp³-hybridized carbons (Fsp3) is 0. The molecule has 0 saturated carbocycles. The van der Waals surface area contributed by atoms with Crippen LogP contribution in [0.5, 0.6) is 0 Å². The van der Waals surface area contributed by atoms with Crippen LogP contribution in [0.25, 0.3) is 0 Å². The Balaban J connectivity index is 0. The molecule has 6 heavy (non-hydrogen) atoms. The molecular weight excluding hydrogens is 159 g/mol. The van der Waals surface area contributed by atoms with Crippen molar-refractivity contribution in [2.45, 2.75) is 0 Å². The minimum absolute atomic E-state index is 0. The molecule has 40 valence electrons. The zero-order valence-electron chi connectivity index (χ0n) is 2.09. The molecule has 0 aliphatic rings. The van der Waals surface area contributed by atoms with E-state index in [4.69, 9.17) is 0 Å². The van der Waals surface area contributed by atoms with Crippen molar-refractivity contribution >= 4 is 24.9 Å². The van der Waals surface area contributed by atoms with Gasteiger partial charge in [0.15, 0.2) is 0 Å². The molecule has 0 aliphatic carbocycles. The average molecular weight is 163 g/mol. The van der Waals surface area contributed by atoms with Crippen LogP contribution in [0.1, 0.15) is 0 Å². The van der Waals surface area contributed by atoms with Gasteiger partial charge in [0.1, 0.15) is 0 Å². The third kappa shape index (κ3) is 446. The summed E-state index contributed by atoms with van der Waals surface area (Å²) in [4.78, 5) is 0. The van der Waals surface area contributed by atoms with E-state index in [1.165, 1.54) is 0 Å². The summed E-state index contributed by atoms with van der Waals surface area (Å²) in [6.07, 6.45) is 0. The van der Waals surface area contributed by atoms with E-state index in [-0.39, 0.29) is 17.6 Å². The fourth-order valence-electron chi connectivity index (χ4n) is 0. The Morgan fingerprint density at radius 1 is 0.833 bits per heavy atom. The molecule has 0 aromatic carbocycles. The second-order valence-corrected chi connectivity index (χ2v) is 0.495. The van der Waals surface area contributed by atoms with E-state index in [2.05, 4.69) is 0 Å². The number of halogens is 4. The zero-order chi connectivity index (χ0) is 4.50. The Kier molecular flexibility index (Phi) is 3.98. The molecule has 0 nitrogen and oxygen atoms in total. The molecule has 0 radical (unpaired) electrons. The van der Waals surface area contributed by atoms with Crippen LogP contribution in [0.3, 0.4) is 0 Å². The van der Waals surface area contributed by atoms with E-state index in [0.717, 1.165) is 0 Å². The Labute approximate surface area is 43.0 Å². The number of hydrogen-bond donors (Lipinski definition) is 0. The second kappa shape index (κ2) is 2.49. The van der Waals surface area contributed by atoms with Gasteiger partial charge in [-0.3, -0.25) is 0 Å². The van der Waals surface area contributed by atoms with Crippen molar-refractivity contribution in [2.75, 3.05) is 0 Å². The van der Waals surface area contributed by atoms with Gasteiger partial charge in [-0.05, 0) is 0 Å². The van der Waals surface area contributed by atoms with E-state index >= 15 is 0 Å². The zero-order valence-corrected chi connectivity index (χ0v) is 2.09. The molecule has 0 spiro atoms. The van der Waals surface area contributed by atoms with Crippen molar-refractivity contribution in [3.63, 3.8) is 0 Å². The maximum absolute atomic E-state index is 9.75. The predicted octanol–water partition coefficient (Wildman–Crippen LogP) is -0.152. The summed E-state index contributed by atoms with van der Waals surface area (Å²) < 4.78 is 39.0. The molecule has 0 aromatic rings. The van der Waals surface area contributed by atoms with Gasteiger partial charge >= 0.3 is 24.9 Å². The van der Waals surface area contributed by atoms with Crippen LogP contribution in [0, 0.1) is 0 Å². The first-order valence-corrected chi connectivity index (χ1v) is 0.873. The average Bonchev–Trinajstić information content (AvgIpc) is 0.722. The van der Waals surface area contributed by atoms with Gasteiger partial charge in [0.2, 0.25) is 0 Å². The summed E-state index contributed by atoms with van der Waals surface area (Å²) in [5.41, 5.74) is 0. The van der Waals surface area contributed by atoms with E-state index in [9.17, 15) is 17.3 Å². The predicted molar refractivity (Wildman–Crippen MR) is 21.5 cm³/mol. The molecular formula is H4BF4Ge-. The molecule has 0 aromatic heterocycles. The van der Waals surface area contributed by atoms with Crippen molar-refractivity contribution in [3.8, 4) is 0 Å². The second-order valence-electron chi connectivity index (χ2n) is 0.495. The number of rotatable bonds is 0. The van der Waals surface area contributed by atoms with Crippen molar-refractivity contribution in [1.29, 1.82) is 0 Å². The third-order valence-corrected chi connectivity index (χ3v) is 0. The van der Waals surface area contributed by atoms with Gasteiger partial charge in [-0.25, -0.2) is 0 Å². The summed E-state index contributed by atoms with van der Waals surface area (Å²) in [6, 6.07) is 0. The Morgan fingerprint density at radius 3 is 0.833 bits per heavy atom. The monoisotopic (exact) mass is 165 g/mol. The van der Waals surface area contributed by atoms with E-state index in [1.54, 1.807) is 0 Å². The summed E-state index contributed by atoms with van der Waals surface area (Å²) in [5.74, 6) is 0. The Bertz CT molecular complexity index is 23.0. The first-order chi connectivity index (χ1) is 2.00. The maximum atomic E-state index is 9.75. The summed E-state index contributed by atoms with van der Waals surface area (Å²) in [7, 11) is -6.00. The summed E-state index contributed by atoms with van der Waals surface area (Å²) in [6.45, 7) is 0. The topological polar surface area (TPSA) is 0 Å². The Morgan fingerprint density at radius 2 is 0.833 bits per heavy atom. The molecule has 6 heteroatoms. The van der Waals surface area contributed by atoms with Crippen LogP contribution in [-0.2, 0) is 0 Å². The molecule has 0 N–H and O–H groups in total. The quantitative estimate of drug-likeness (QED) is 0.344. The van der Waals surface area contributed by atoms with Crippen LogP contribution in [0.15, 0.2) is 0 Å². The van der Waals surface area contributed by atoms with Crippen LogP contribution in [0.4, 0.5) is 17.3 Å².